The van der Waals surface area contributed by atoms with Gasteiger partial charge in [-0.1, -0.05) is 36.5 Å². The average molecular weight is 406 g/mol. The molecule has 6 unspecified atom stereocenters. The van der Waals surface area contributed by atoms with Gasteiger partial charge in [-0.2, -0.15) is 0 Å². The second kappa shape index (κ2) is 11.3. The topological polar surface area (TPSA) is 102 Å². The molecule has 0 amide bonds. The number of hydrogen-bond donors (Lipinski definition) is 2. The summed E-state index contributed by atoms with van der Waals surface area (Å²) >= 11 is 0. The number of carbonyl (C=O) groups is 2. The van der Waals surface area contributed by atoms with Gasteiger partial charge in [0.1, 0.15) is 0 Å². The molecule has 0 fully saturated rings. The molecule has 2 N–H and O–H groups in total. The van der Waals surface area contributed by atoms with Gasteiger partial charge in [0.15, 0.2) is 17.7 Å². The average Bonchev–Trinajstić information content (AvgIpc) is 2.73. The van der Waals surface area contributed by atoms with Crippen molar-refractivity contribution in [3.05, 3.63) is 48.6 Å². The Hall–Kier alpha value is -1.90. The van der Waals surface area contributed by atoms with Crippen LogP contribution in [0, 0.1) is 11.8 Å². The number of ether oxygens (including phenoxy) is 3. The number of methoxy groups -OCH3 is 3. The number of aliphatic hydroxyl groups is 2. The molecular formula is C22H30O7. The van der Waals surface area contributed by atoms with Crippen LogP contribution in [0.5, 0.6) is 0 Å². The SMILES string of the molecule is COC(C(=O)/C=C/C1C=CC(O)C(OC)C1)C(=O)/C=C/C1C=CC(O)C(OC)C1. The first-order valence-corrected chi connectivity index (χ1v) is 9.64. The lowest BCUT2D eigenvalue weighted by molar-refractivity contribution is -0.134. The van der Waals surface area contributed by atoms with Crippen molar-refractivity contribution >= 4 is 11.6 Å². The second-order valence-electron chi connectivity index (χ2n) is 7.24. The van der Waals surface area contributed by atoms with Crippen LogP contribution in [0.1, 0.15) is 12.8 Å². The summed E-state index contributed by atoms with van der Waals surface area (Å²) in [5.74, 6) is -1.03. The van der Waals surface area contributed by atoms with Crippen LogP contribution in [0.15, 0.2) is 48.6 Å². The summed E-state index contributed by atoms with van der Waals surface area (Å²) in [5.41, 5.74) is 0. The number of hydrogen-bond acceptors (Lipinski definition) is 7. The van der Waals surface area contributed by atoms with Crippen molar-refractivity contribution in [2.45, 2.75) is 43.4 Å². The molecule has 0 aromatic rings. The fourth-order valence-corrected chi connectivity index (χ4v) is 3.47. The first-order valence-electron chi connectivity index (χ1n) is 9.64. The number of rotatable bonds is 9. The Morgan fingerprint density at radius 3 is 1.59 bits per heavy atom. The molecule has 7 heteroatoms. The van der Waals surface area contributed by atoms with Crippen LogP contribution >= 0.6 is 0 Å². The zero-order valence-electron chi connectivity index (χ0n) is 17.0. The summed E-state index contributed by atoms with van der Waals surface area (Å²) in [7, 11) is 4.38. The summed E-state index contributed by atoms with van der Waals surface area (Å²) < 4.78 is 15.5. The molecule has 160 valence electrons. The lowest BCUT2D eigenvalue weighted by Gasteiger charge is -2.26. The highest BCUT2D eigenvalue weighted by Gasteiger charge is 2.27. The lowest BCUT2D eigenvalue weighted by atomic mass is 9.90. The molecule has 6 atom stereocenters. The molecular weight excluding hydrogens is 376 g/mol. The van der Waals surface area contributed by atoms with Crippen molar-refractivity contribution in [1.29, 1.82) is 0 Å². The molecule has 0 radical (unpaired) electrons. The van der Waals surface area contributed by atoms with E-state index in [0.29, 0.717) is 12.8 Å². The van der Waals surface area contributed by atoms with Crippen LogP contribution in [0.3, 0.4) is 0 Å². The van der Waals surface area contributed by atoms with Crippen molar-refractivity contribution in [2.75, 3.05) is 21.3 Å². The van der Waals surface area contributed by atoms with Crippen molar-refractivity contribution in [3.63, 3.8) is 0 Å². The minimum absolute atomic E-state index is 0.0692. The fraction of sp³-hybridized carbons (Fsp3) is 0.545. The fourth-order valence-electron chi connectivity index (χ4n) is 3.47. The van der Waals surface area contributed by atoms with Gasteiger partial charge in [0, 0.05) is 21.3 Å². The molecule has 2 aliphatic carbocycles. The van der Waals surface area contributed by atoms with Crippen molar-refractivity contribution < 1.29 is 34.0 Å². The maximum Gasteiger partial charge on any atom is 0.192 e. The Bertz CT molecular complexity index is 623. The van der Waals surface area contributed by atoms with Crippen LogP contribution < -0.4 is 0 Å². The van der Waals surface area contributed by atoms with E-state index in [2.05, 4.69) is 0 Å². The monoisotopic (exact) mass is 406 g/mol. The highest BCUT2D eigenvalue weighted by atomic mass is 16.5. The van der Waals surface area contributed by atoms with Crippen LogP contribution in [0.4, 0.5) is 0 Å². The van der Waals surface area contributed by atoms with Crippen LogP contribution in [0.25, 0.3) is 0 Å². The standard InChI is InChI=1S/C22H30O7/c1-27-20-12-14(4-8-16(20)23)6-10-18(25)22(29-3)19(26)11-7-15-5-9-17(24)21(13-15)28-2/h4-11,14-17,20-24H,12-13H2,1-3H3/b10-6+,11-7+. The highest BCUT2D eigenvalue weighted by Crippen LogP contribution is 2.23. The molecule has 0 aliphatic heterocycles. The van der Waals surface area contributed by atoms with E-state index in [9.17, 15) is 19.8 Å². The van der Waals surface area contributed by atoms with E-state index < -0.39 is 29.9 Å². The highest BCUT2D eigenvalue weighted by molar-refractivity contribution is 6.14. The molecule has 29 heavy (non-hydrogen) atoms. The van der Waals surface area contributed by atoms with Gasteiger partial charge in [-0.05, 0) is 36.8 Å². The first kappa shape index (κ1) is 23.4. The van der Waals surface area contributed by atoms with E-state index in [1.54, 1.807) is 24.3 Å². The predicted octanol–water partition coefficient (Wildman–Crippen LogP) is 1.16. The maximum atomic E-state index is 12.4. The number of aliphatic hydroxyl groups excluding tert-OH is 2. The zero-order valence-corrected chi connectivity index (χ0v) is 17.0. The van der Waals surface area contributed by atoms with Crippen LogP contribution in [0.2, 0.25) is 0 Å². The summed E-state index contributed by atoms with van der Waals surface area (Å²) in [6.07, 6.45) is 10.9. The van der Waals surface area contributed by atoms with Gasteiger partial charge >= 0.3 is 0 Å². The molecule has 0 aromatic carbocycles. The van der Waals surface area contributed by atoms with Crippen LogP contribution in [-0.2, 0) is 23.8 Å². The Labute approximate surface area is 171 Å². The smallest absolute Gasteiger partial charge is 0.192 e. The summed E-state index contributed by atoms with van der Waals surface area (Å²) in [6.45, 7) is 0. The molecule has 7 nitrogen and oxygen atoms in total. The van der Waals surface area contributed by atoms with Gasteiger partial charge in [-0.25, -0.2) is 0 Å². The van der Waals surface area contributed by atoms with E-state index in [-0.39, 0.29) is 24.0 Å². The number of carbonyl (C=O) groups excluding carboxylic acids is 2. The second-order valence-corrected chi connectivity index (χ2v) is 7.24. The minimum Gasteiger partial charge on any atom is -0.386 e. The van der Waals surface area contributed by atoms with E-state index in [1.165, 1.54) is 33.5 Å². The molecule has 0 spiro atoms. The number of allylic oxidation sites excluding steroid dienone is 4. The van der Waals surface area contributed by atoms with Gasteiger partial charge in [-0.3, -0.25) is 9.59 Å². The lowest BCUT2D eigenvalue weighted by Crippen LogP contribution is -2.32. The van der Waals surface area contributed by atoms with Gasteiger partial charge in [0.05, 0.1) is 24.4 Å². The summed E-state index contributed by atoms with van der Waals surface area (Å²) in [4.78, 5) is 24.9. The number of ketones is 2. The molecule has 0 heterocycles. The molecule has 2 rings (SSSR count). The molecule has 0 aromatic heterocycles. The van der Waals surface area contributed by atoms with Gasteiger partial charge in [-0.15, -0.1) is 0 Å². The van der Waals surface area contributed by atoms with E-state index >= 15 is 0 Å². The maximum absolute atomic E-state index is 12.4. The molecule has 0 saturated carbocycles. The largest absolute Gasteiger partial charge is 0.386 e. The van der Waals surface area contributed by atoms with E-state index in [0.717, 1.165) is 0 Å². The van der Waals surface area contributed by atoms with Crippen molar-refractivity contribution in [3.8, 4) is 0 Å². The van der Waals surface area contributed by atoms with Gasteiger partial charge < -0.3 is 24.4 Å². The minimum atomic E-state index is -1.21. The molecule has 0 bridgehead atoms. The Kier molecular flexibility index (Phi) is 9.13. The zero-order chi connectivity index (χ0) is 21.4. The molecule has 2 aliphatic rings. The first-order chi connectivity index (χ1) is 13.9. The normalized spacial score (nSPS) is 33.4. The summed E-state index contributed by atoms with van der Waals surface area (Å²) in [6, 6.07) is 0. The molecule has 0 saturated heterocycles. The van der Waals surface area contributed by atoms with Gasteiger partial charge in [0.2, 0.25) is 0 Å². The van der Waals surface area contributed by atoms with Crippen molar-refractivity contribution in [2.24, 2.45) is 11.8 Å². The predicted molar refractivity (Wildman–Crippen MR) is 107 cm³/mol. The Morgan fingerprint density at radius 1 is 0.828 bits per heavy atom. The summed E-state index contributed by atoms with van der Waals surface area (Å²) in [5, 5.41) is 19.5. The third-order valence-corrected chi connectivity index (χ3v) is 5.26. The third kappa shape index (κ3) is 6.55. The third-order valence-electron chi connectivity index (χ3n) is 5.26. The van der Waals surface area contributed by atoms with Crippen molar-refractivity contribution in [1.82, 2.24) is 0 Å². The van der Waals surface area contributed by atoms with Gasteiger partial charge in [0.25, 0.3) is 0 Å². The Morgan fingerprint density at radius 2 is 1.24 bits per heavy atom. The quantitative estimate of drug-likeness (QED) is 0.336. The van der Waals surface area contributed by atoms with Crippen LogP contribution in [-0.4, -0.2) is 73.6 Å². The Balaban J connectivity index is 1.95. The van der Waals surface area contributed by atoms with E-state index in [1.807, 2.05) is 12.2 Å². The van der Waals surface area contributed by atoms with E-state index in [4.69, 9.17) is 14.2 Å².